The Balaban J connectivity index is 1.11. The second kappa shape index (κ2) is 9.50. The van der Waals surface area contributed by atoms with E-state index < -0.39 is 10.0 Å². The van der Waals surface area contributed by atoms with Gasteiger partial charge in [0.05, 0.1) is 0 Å². The minimum Gasteiger partial charge on any atom is -0.368 e. The van der Waals surface area contributed by atoms with Gasteiger partial charge in [0.2, 0.25) is 10.0 Å². The fourth-order valence-corrected chi connectivity index (χ4v) is 8.32. The zero-order valence-electron chi connectivity index (χ0n) is 19.7. The number of thiophene rings is 1. The molecule has 8 heteroatoms. The molecule has 1 atom stereocenters. The van der Waals surface area contributed by atoms with Crippen molar-refractivity contribution in [2.75, 3.05) is 44.2 Å². The molecule has 4 heterocycles. The van der Waals surface area contributed by atoms with E-state index in [1.165, 1.54) is 22.0 Å². The van der Waals surface area contributed by atoms with Gasteiger partial charge in [0, 0.05) is 77.7 Å². The SMILES string of the molecule is O=S(=O)(c1cncc2ccccc12)N1CCC[C@H]1CCN1CCN(c2cccc3sccc23)CC1. The Labute approximate surface area is 210 Å². The van der Waals surface area contributed by atoms with Crippen LogP contribution in [-0.4, -0.2) is 67.9 Å². The first-order chi connectivity index (χ1) is 17.1. The summed E-state index contributed by atoms with van der Waals surface area (Å²) in [5.74, 6) is 0. The van der Waals surface area contributed by atoms with Gasteiger partial charge in [-0.2, -0.15) is 4.31 Å². The van der Waals surface area contributed by atoms with E-state index in [0.29, 0.717) is 11.4 Å². The summed E-state index contributed by atoms with van der Waals surface area (Å²) in [4.78, 5) is 9.54. The average Bonchev–Trinajstić information content (AvgIpc) is 3.57. The molecule has 0 unspecified atom stereocenters. The predicted molar refractivity (Wildman–Crippen MR) is 144 cm³/mol. The Bertz CT molecular complexity index is 1440. The van der Waals surface area contributed by atoms with Crippen molar-refractivity contribution in [3.05, 3.63) is 66.3 Å². The molecule has 6 nitrogen and oxygen atoms in total. The molecule has 2 aromatic carbocycles. The van der Waals surface area contributed by atoms with Crippen molar-refractivity contribution in [2.45, 2.75) is 30.2 Å². The van der Waals surface area contributed by atoms with Crippen molar-refractivity contribution < 1.29 is 8.42 Å². The first kappa shape index (κ1) is 22.9. The summed E-state index contributed by atoms with van der Waals surface area (Å²) in [5, 5.41) is 5.13. The van der Waals surface area contributed by atoms with Crippen LogP contribution < -0.4 is 4.90 Å². The van der Waals surface area contributed by atoms with Gasteiger partial charge in [0.1, 0.15) is 4.90 Å². The summed E-state index contributed by atoms with van der Waals surface area (Å²) in [6.45, 7) is 5.54. The van der Waals surface area contributed by atoms with E-state index in [4.69, 9.17) is 0 Å². The number of pyridine rings is 1. The number of fused-ring (bicyclic) bond motifs is 2. The largest absolute Gasteiger partial charge is 0.368 e. The maximum absolute atomic E-state index is 13.7. The van der Waals surface area contributed by atoms with Crippen molar-refractivity contribution in [1.82, 2.24) is 14.2 Å². The molecule has 2 fully saturated rings. The third-order valence-electron chi connectivity index (χ3n) is 7.51. The summed E-state index contributed by atoms with van der Waals surface area (Å²) in [5.41, 5.74) is 1.33. The molecule has 0 amide bonds. The molecule has 182 valence electrons. The van der Waals surface area contributed by atoms with Crippen molar-refractivity contribution in [3.8, 4) is 0 Å². The van der Waals surface area contributed by atoms with Crippen molar-refractivity contribution in [1.29, 1.82) is 0 Å². The van der Waals surface area contributed by atoms with Gasteiger partial charge in [-0.05, 0) is 49.4 Å². The van der Waals surface area contributed by atoms with Crippen molar-refractivity contribution >= 4 is 47.9 Å². The smallest absolute Gasteiger partial charge is 0.245 e. The van der Waals surface area contributed by atoms with E-state index in [1.54, 1.807) is 21.8 Å². The second-order valence-corrected chi connectivity index (χ2v) is 12.3. The van der Waals surface area contributed by atoms with Crippen LogP contribution in [0.1, 0.15) is 19.3 Å². The fraction of sp³-hybridized carbons (Fsp3) is 0.370. The molecular formula is C27H30N4O2S2. The summed E-state index contributed by atoms with van der Waals surface area (Å²) in [7, 11) is -3.58. The van der Waals surface area contributed by atoms with Gasteiger partial charge in [-0.3, -0.25) is 9.88 Å². The Kier molecular flexibility index (Phi) is 6.22. The van der Waals surface area contributed by atoms with E-state index in [-0.39, 0.29) is 6.04 Å². The highest BCUT2D eigenvalue weighted by Gasteiger charge is 2.36. The highest BCUT2D eigenvalue weighted by atomic mass is 32.2. The first-order valence-electron chi connectivity index (χ1n) is 12.4. The molecule has 0 aliphatic carbocycles. The topological polar surface area (TPSA) is 56.8 Å². The number of nitrogens with zero attached hydrogens (tertiary/aromatic N) is 4. The van der Waals surface area contributed by atoms with E-state index in [1.807, 2.05) is 24.3 Å². The Hall–Kier alpha value is -2.52. The zero-order valence-corrected chi connectivity index (χ0v) is 21.3. The molecule has 0 radical (unpaired) electrons. The van der Waals surface area contributed by atoms with Gasteiger partial charge in [-0.25, -0.2) is 8.42 Å². The first-order valence-corrected chi connectivity index (χ1v) is 14.7. The van der Waals surface area contributed by atoms with Crippen LogP contribution in [0.3, 0.4) is 0 Å². The van der Waals surface area contributed by atoms with Crippen LogP contribution in [0, 0.1) is 0 Å². The molecule has 0 bridgehead atoms. The third-order valence-corrected chi connectivity index (χ3v) is 10.4. The number of hydrogen-bond donors (Lipinski definition) is 0. The Morgan fingerprint density at radius 1 is 0.914 bits per heavy atom. The number of sulfonamides is 1. The number of hydrogen-bond acceptors (Lipinski definition) is 6. The van der Waals surface area contributed by atoms with Gasteiger partial charge in [-0.1, -0.05) is 30.3 Å². The lowest BCUT2D eigenvalue weighted by Crippen LogP contribution is -2.47. The summed E-state index contributed by atoms with van der Waals surface area (Å²) in [6.07, 6.45) is 5.96. The van der Waals surface area contributed by atoms with Gasteiger partial charge in [0.15, 0.2) is 0 Å². The molecule has 2 aliphatic heterocycles. The van der Waals surface area contributed by atoms with Crippen LogP contribution in [-0.2, 0) is 10.0 Å². The lowest BCUT2D eigenvalue weighted by Gasteiger charge is -2.37. The van der Waals surface area contributed by atoms with Crippen molar-refractivity contribution in [2.24, 2.45) is 0 Å². The lowest BCUT2D eigenvalue weighted by atomic mass is 10.1. The highest BCUT2D eigenvalue weighted by molar-refractivity contribution is 7.89. The maximum atomic E-state index is 13.7. The minimum atomic E-state index is -3.58. The van der Waals surface area contributed by atoms with Crippen molar-refractivity contribution in [3.63, 3.8) is 0 Å². The minimum absolute atomic E-state index is 0.0524. The molecule has 2 aromatic heterocycles. The summed E-state index contributed by atoms with van der Waals surface area (Å²) in [6, 6.07) is 16.5. The van der Waals surface area contributed by atoms with Crippen LogP contribution in [0.25, 0.3) is 20.9 Å². The van der Waals surface area contributed by atoms with Gasteiger partial charge in [0.25, 0.3) is 0 Å². The fourth-order valence-electron chi connectivity index (χ4n) is 5.63. The second-order valence-electron chi connectivity index (χ2n) is 9.50. The maximum Gasteiger partial charge on any atom is 0.245 e. The number of piperazine rings is 1. The lowest BCUT2D eigenvalue weighted by molar-refractivity contribution is 0.232. The van der Waals surface area contributed by atoms with Crippen LogP contribution >= 0.6 is 11.3 Å². The van der Waals surface area contributed by atoms with Crippen LogP contribution in [0.2, 0.25) is 0 Å². The standard InChI is InChI=1S/C27H30N4O2S2/c32-35(33,27-20-28-19-21-5-1-2-7-23(21)27)31-12-4-6-22(31)10-13-29-14-16-30(17-15-29)25-8-3-9-26-24(25)11-18-34-26/h1-3,5,7-9,11,18-20,22H,4,6,10,12-17H2/t22-/m0/s1. The molecule has 6 rings (SSSR count). The molecule has 2 saturated heterocycles. The van der Waals surface area contributed by atoms with Gasteiger partial charge < -0.3 is 4.90 Å². The molecule has 4 aromatic rings. The molecule has 0 spiro atoms. The van der Waals surface area contributed by atoms with E-state index in [9.17, 15) is 8.42 Å². The van der Waals surface area contributed by atoms with Crippen LogP contribution in [0.15, 0.2) is 71.2 Å². The summed E-state index contributed by atoms with van der Waals surface area (Å²) >= 11 is 1.79. The molecule has 35 heavy (non-hydrogen) atoms. The zero-order chi connectivity index (χ0) is 23.8. The molecule has 0 saturated carbocycles. The average molecular weight is 507 g/mol. The Morgan fingerprint density at radius 3 is 2.66 bits per heavy atom. The summed E-state index contributed by atoms with van der Waals surface area (Å²) < 4.78 is 30.4. The third kappa shape index (κ3) is 4.33. The predicted octanol–water partition coefficient (Wildman–Crippen LogP) is 4.81. The monoisotopic (exact) mass is 506 g/mol. The van der Waals surface area contributed by atoms with Crippen LogP contribution in [0.5, 0.6) is 0 Å². The van der Waals surface area contributed by atoms with Gasteiger partial charge in [-0.15, -0.1) is 11.3 Å². The number of benzene rings is 2. The Morgan fingerprint density at radius 2 is 1.77 bits per heavy atom. The number of rotatable bonds is 6. The van der Waals surface area contributed by atoms with Gasteiger partial charge >= 0.3 is 0 Å². The molecule has 2 aliphatic rings. The molecule has 0 N–H and O–H groups in total. The quantitative estimate of drug-likeness (QED) is 0.376. The number of anilines is 1. The van der Waals surface area contributed by atoms with E-state index in [0.717, 1.165) is 62.8 Å². The normalized spacial score (nSPS) is 20.2. The van der Waals surface area contributed by atoms with E-state index in [2.05, 4.69) is 44.4 Å². The number of aromatic nitrogens is 1. The van der Waals surface area contributed by atoms with Crippen LogP contribution in [0.4, 0.5) is 5.69 Å². The highest BCUT2D eigenvalue weighted by Crippen LogP contribution is 2.33. The van der Waals surface area contributed by atoms with E-state index >= 15 is 0 Å². The molecular weight excluding hydrogens is 476 g/mol.